The summed E-state index contributed by atoms with van der Waals surface area (Å²) in [5.41, 5.74) is 2.27. The van der Waals surface area contributed by atoms with Gasteiger partial charge in [0.05, 0.1) is 6.54 Å². The van der Waals surface area contributed by atoms with E-state index in [4.69, 9.17) is 0 Å². The minimum Gasteiger partial charge on any atom is -0.327 e. The number of pyridine rings is 1. The molecule has 0 N–H and O–H groups in total. The van der Waals surface area contributed by atoms with Crippen molar-refractivity contribution in [3.63, 3.8) is 0 Å². The molecule has 0 aliphatic heterocycles. The average Bonchev–Trinajstić information content (AvgIpc) is 2.80. The molecule has 0 saturated heterocycles. The molecule has 20 heavy (non-hydrogen) atoms. The van der Waals surface area contributed by atoms with E-state index in [1.807, 2.05) is 10.6 Å². The van der Waals surface area contributed by atoms with Crippen LogP contribution in [0.4, 0.5) is 4.39 Å². The lowest BCUT2D eigenvalue weighted by Crippen LogP contribution is -2.00. The van der Waals surface area contributed by atoms with E-state index >= 15 is 0 Å². The van der Waals surface area contributed by atoms with Crippen molar-refractivity contribution in [2.24, 2.45) is 0 Å². The number of halogens is 2. The molecule has 3 nitrogen and oxygen atoms in total. The summed E-state index contributed by atoms with van der Waals surface area (Å²) in [5.74, 6) is -0.287. The molecular weight excluding hydrogens is 323 g/mol. The zero-order valence-electron chi connectivity index (χ0n) is 10.4. The maximum atomic E-state index is 13.1. The van der Waals surface area contributed by atoms with Crippen molar-refractivity contribution in [2.75, 3.05) is 0 Å². The van der Waals surface area contributed by atoms with Gasteiger partial charge in [0.15, 0.2) is 6.29 Å². The molecule has 0 bridgehead atoms. The largest absolute Gasteiger partial charge is 0.327 e. The van der Waals surface area contributed by atoms with Crippen molar-refractivity contribution in [1.82, 2.24) is 9.55 Å². The molecule has 0 aliphatic carbocycles. The minimum absolute atomic E-state index is 0.287. The van der Waals surface area contributed by atoms with E-state index in [2.05, 4.69) is 20.9 Å². The quantitative estimate of drug-likeness (QED) is 0.684. The second-order valence-electron chi connectivity index (χ2n) is 4.44. The lowest BCUT2D eigenvalue weighted by atomic mass is 10.2. The highest BCUT2D eigenvalue weighted by Crippen LogP contribution is 2.23. The maximum Gasteiger partial charge on any atom is 0.152 e. The van der Waals surface area contributed by atoms with Crippen LogP contribution in [0.1, 0.15) is 15.9 Å². The fourth-order valence-electron chi connectivity index (χ4n) is 2.20. The van der Waals surface area contributed by atoms with E-state index in [0.717, 1.165) is 22.9 Å². The number of aldehydes is 1. The smallest absolute Gasteiger partial charge is 0.152 e. The van der Waals surface area contributed by atoms with Crippen molar-refractivity contribution in [3.8, 4) is 0 Å². The molecule has 3 aromatic rings. The van der Waals surface area contributed by atoms with Crippen molar-refractivity contribution in [3.05, 3.63) is 64.1 Å². The molecule has 0 amide bonds. The number of fused-ring (bicyclic) bond motifs is 1. The molecule has 0 spiro atoms. The Kier molecular flexibility index (Phi) is 3.36. The lowest BCUT2D eigenvalue weighted by Gasteiger charge is -2.07. The molecule has 0 unspecified atom stereocenters. The topological polar surface area (TPSA) is 34.9 Å². The van der Waals surface area contributed by atoms with Gasteiger partial charge in [0.25, 0.3) is 0 Å². The van der Waals surface area contributed by atoms with Gasteiger partial charge in [0, 0.05) is 27.8 Å². The van der Waals surface area contributed by atoms with E-state index in [0.29, 0.717) is 16.6 Å². The average molecular weight is 333 g/mol. The van der Waals surface area contributed by atoms with Crippen LogP contribution >= 0.6 is 15.9 Å². The predicted molar refractivity (Wildman–Crippen MR) is 78.3 cm³/mol. The first-order valence-corrected chi connectivity index (χ1v) is 6.81. The second-order valence-corrected chi connectivity index (χ2v) is 5.29. The highest BCUT2D eigenvalue weighted by Gasteiger charge is 2.10. The van der Waals surface area contributed by atoms with E-state index in [9.17, 15) is 9.18 Å². The Morgan fingerprint density at radius 2 is 2.20 bits per heavy atom. The Hall–Kier alpha value is -2.01. The highest BCUT2D eigenvalue weighted by atomic mass is 79.9. The van der Waals surface area contributed by atoms with Gasteiger partial charge in [0.2, 0.25) is 0 Å². The Morgan fingerprint density at radius 1 is 1.35 bits per heavy atom. The van der Waals surface area contributed by atoms with Crippen LogP contribution in [0.5, 0.6) is 0 Å². The Balaban J connectivity index is 2.09. The third kappa shape index (κ3) is 2.25. The van der Waals surface area contributed by atoms with E-state index in [-0.39, 0.29) is 5.82 Å². The zero-order chi connectivity index (χ0) is 14.1. The van der Waals surface area contributed by atoms with Gasteiger partial charge >= 0.3 is 0 Å². The third-order valence-electron chi connectivity index (χ3n) is 3.15. The number of rotatable bonds is 3. The van der Waals surface area contributed by atoms with Gasteiger partial charge in [-0.15, -0.1) is 0 Å². The van der Waals surface area contributed by atoms with Crippen LogP contribution in [-0.2, 0) is 6.54 Å². The Labute approximate surface area is 123 Å². The van der Waals surface area contributed by atoms with Crippen molar-refractivity contribution < 1.29 is 9.18 Å². The van der Waals surface area contributed by atoms with Gasteiger partial charge in [-0.25, -0.2) is 9.37 Å². The molecule has 0 fully saturated rings. The van der Waals surface area contributed by atoms with Gasteiger partial charge < -0.3 is 4.57 Å². The molecule has 0 atom stereocenters. The lowest BCUT2D eigenvalue weighted by molar-refractivity contribution is 0.112. The highest BCUT2D eigenvalue weighted by molar-refractivity contribution is 9.10. The van der Waals surface area contributed by atoms with Crippen LogP contribution in [0, 0.1) is 5.82 Å². The van der Waals surface area contributed by atoms with Crippen LogP contribution in [0.25, 0.3) is 11.0 Å². The number of carbonyl (C=O) groups excluding carboxylic acids is 1. The molecule has 2 aromatic heterocycles. The standard InChI is InChI=1S/C15H10BrFN2O/c16-14-6-12(17)4-3-10(14)7-19-8-11(9-20)13-2-1-5-18-15(13)19/h1-6,8-9H,7H2. The fourth-order valence-corrected chi connectivity index (χ4v) is 2.67. The number of hydrogen-bond donors (Lipinski definition) is 0. The molecule has 1 aromatic carbocycles. The van der Waals surface area contributed by atoms with E-state index in [1.54, 1.807) is 24.5 Å². The molecular formula is C15H10BrFN2O. The zero-order valence-corrected chi connectivity index (χ0v) is 12.0. The normalized spacial score (nSPS) is 10.9. The van der Waals surface area contributed by atoms with Gasteiger partial charge in [-0.05, 0) is 29.8 Å². The molecule has 2 heterocycles. The summed E-state index contributed by atoms with van der Waals surface area (Å²) in [5, 5.41) is 0.820. The first kappa shape index (κ1) is 13.0. The first-order valence-electron chi connectivity index (χ1n) is 6.02. The molecule has 3 rings (SSSR count). The first-order chi connectivity index (χ1) is 9.69. The number of benzene rings is 1. The van der Waals surface area contributed by atoms with Gasteiger partial charge in [-0.2, -0.15) is 0 Å². The summed E-state index contributed by atoms with van der Waals surface area (Å²) in [6, 6.07) is 8.22. The monoisotopic (exact) mass is 332 g/mol. The second kappa shape index (κ2) is 5.17. The Morgan fingerprint density at radius 3 is 2.95 bits per heavy atom. The van der Waals surface area contributed by atoms with Crippen molar-refractivity contribution >= 4 is 33.2 Å². The van der Waals surface area contributed by atoms with Gasteiger partial charge in [0.1, 0.15) is 11.5 Å². The fraction of sp³-hybridized carbons (Fsp3) is 0.0667. The minimum atomic E-state index is -0.287. The molecule has 0 saturated carbocycles. The summed E-state index contributed by atoms with van der Waals surface area (Å²) in [4.78, 5) is 15.4. The van der Waals surface area contributed by atoms with Crippen LogP contribution < -0.4 is 0 Å². The van der Waals surface area contributed by atoms with Crippen LogP contribution in [0.15, 0.2) is 47.2 Å². The number of nitrogens with zero attached hydrogens (tertiary/aromatic N) is 2. The van der Waals surface area contributed by atoms with Crippen molar-refractivity contribution in [1.29, 1.82) is 0 Å². The van der Waals surface area contributed by atoms with Crippen molar-refractivity contribution in [2.45, 2.75) is 6.54 Å². The van der Waals surface area contributed by atoms with Crippen LogP contribution in [-0.4, -0.2) is 15.8 Å². The summed E-state index contributed by atoms with van der Waals surface area (Å²) >= 11 is 3.35. The Bertz CT molecular complexity index is 798. The number of aromatic nitrogens is 2. The SMILES string of the molecule is O=Cc1cn(Cc2ccc(F)cc2Br)c2ncccc12. The molecule has 0 radical (unpaired) electrons. The van der Waals surface area contributed by atoms with Crippen LogP contribution in [0.2, 0.25) is 0 Å². The third-order valence-corrected chi connectivity index (χ3v) is 3.89. The van der Waals surface area contributed by atoms with Crippen LogP contribution in [0.3, 0.4) is 0 Å². The summed E-state index contributed by atoms with van der Waals surface area (Å²) in [6.45, 7) is 0.516. The van der Waals surface area contributed by atoms with E-state index in [1.165, 1.54) is 12.1 Å². The molecule has 5 heteroatoms. The summed E-state index contributed by atoms with van der Waals surface area (Å²) in [6.07, 6.45) is 4.27. The number of carbonyl (C=O) groups is 1. The van der Waals surface area contributed by atoms with E-state index < -0.39 is 0 Å². The summed E-state index contributed by atoms with van der Waals surface area (Å²) < 4.78 is 15.7. The molecule has 0 aliphatic rings. The predicted octanol–water partition coefficient (Wildman–Crippen LogP) is 3.80. The molecule has 100 valence electrons. The maximum absolute atomic E-state index is 13.1. The van der Waals surface area contributed by atoms with Gasteiger partial charge in [-0.1, -0.05) is 22.0 Å². The number of hydrogen-bond acceptors (Lipinski definition) is 2. The summed E-state index contributed by atoms with van der Waals surface area (Å²) in [7, 11) is 0. The van der Waals surface area contributed by atoms with Gasteiger partial charge in [-0.3, -0.25) is 4.79 Å².